The lowest BCUT2D eigenvalue weighted by Gasteiger charge is -2.17. The van der Waals surface area contributed by atoms with Gasteiger partial charge in [-0.2, -0.15) is 0 Å². The van der Waals surface area contributed by atoms with Gasteiger partial charge in [-0.25, -0.2) is 4.98 Å². The van der Waals surface area contributed by atoms with Crippen LogP contribution in [0.15, 0.2) is 42.0 Å². The highest BCUT2D eigenvalue weighted by Gasteiger charge is 2.17. The second-order valence-electron chi connectivity index (χ2n) is 6.47. The molecule has 9 heteroatoms. The normalized spacial score (nSPS) is 10.7. The van der Waals surface area contributed by atoms with E-state index < -0.39 is 18.5 Å². The molecule has 0 fully saturated rings. The molecule has 0 saturated carbocycles. The number of nitrogens with zero attached hydrogens (tertiary/aromatic N) is 3. The van der Waals surface area contributed by atoms with Crippen LogP contribution in [-0.2, 0) is 32.0 Å². The van der Waals surface area contributed by atoms with Crippen LogP contribution in [0.4, 0.5) is 5.69 Å². The Bertz CT molecular complexity index is 998. The number of anilines is 1. The van der Waals surface area contributed by atoms with Gasteiger partial charge in [0.05, 0.1) is 18.7 Å². The van der Waals surface area contributed by atoms with E-state index >= 15 is 0 Å². The van der Waals surface area contributed by atoms with Gasteiger partial charge in [-0.15, -0.1) is 11.3 Å². The molecule has 0 aliphatic heterocycles. The first-order chi connectivity index (χ1) is 14.0. The Balaban J connectivity index is 1.44. The fraction of sp³-hybridized carbons (Fsp3) is 0.300. The predicted octanol–water partition coefficient (Wildman–Crippen LogP) is 2.14. The van der Waals surface area contributed by atoms with Crippen LogP contribution in [0, 0.1) is 0 Å². The number of rotatable bonds is 8. The smallest absolute Gasteiger partial charge is 0.312 e. The fourth-order valence-corrected chi connectivity index (χ4v) is 3.48. The molecule has 152 valence electrons. The van der Waals surface area contributed by atoms with E-state index in [0.717, 1.165) is 22.6 Å². The van der Waals surface area contributed by atoms with Crippen LogP contribution < -0.4 is 5.32 Å². The summed E-state index contributed by atoms with van der Waals surface area (Å²) >= 11 is 1.47. The van der Waals surface area contributed by atoms with Gasteiger partial charge in [0.15, 0.2) is 11.6 Å². The molecular weight excluding hydrogens is 392 g/mol. The number of ether oxygens (including phenoxy) is 1. The number of hydrogen-bond donors (Lipinski definition) is 1. The van der Waals surface area contributed by atoms with Gasteiger partial charge in [0, 0.05) is 30.5 Å². The largest absolute Gasteiger partial charge is 0.455 e. The first-order valence-electron chi connectivity index (χ1n) is 9.14. The summed E-state index contributed by atoms with van der Waals surface area (Å²) in [5.74, 6) is -1.31. The third-order valence-corrected chi connectivity index (χ3v) is 5.07. The van der Waals surface area contributed by atoms with Gasteiger partial charge < -0.3 is 15.0 Å². The molecular formula is C20H22N4O4S. The summed E-state index contributed by atoms with van der Waals surface area (Å²) in [5.41, 5.74) is 2.33. The van der Waals surface area contributed by atoms with Crippen LogP contribution in [0.5, 0.6) is 0 Å². The van der Waals surface area contributed by atoms with E-state index in [1.807, 2.05) is 47.2 Å². The number of fused-ring (bicyclic) bond motifs is 1. The van der Waals surface area contributed by atoms with Crippen molar-refractivity contribution < 1.29 is 19.1 Å². The van der Waals surface area contributed by atoms with Gasteiger partial charge in [-0.05, 0) is 18.1 Å². The molecule has 8 nitrogen and oxygen atoms in total. The molecule has 29 heavy (non-hydrogen) atoms. The Kier molecular flexibility index (Phi) is 6.61. The molecule has 0 radical (unpaired) electrons. The quantitative estimate of drug-likeness (QED) is 0.570. The summed E-state index contributed by atoms with van der Waals surface area (Å²) in [6.45, 7) is 1.45. The van der Waals surface area contributed by atoms with Crippen molar-refractivity contribution in [2.45, 2.75) is 19.8 Å². The molecule has 3 aromatic rings. The molecule has 0 unspecified atom stereocenters. The molecule has 3 rings (SSSR count). The minimum absolute atomic E-state index is 0.0142. The Morgan fingerprint density at radius 2 is 2.07 bits per heavy atom. The lowest BCUT2D eigenvalue weighted by molar-refractivity contribution is -0.151. The Hall–Kier alpha value is -3.20. The number of carbonyl (C=O) groups is 3. The molecule has 0 aliphatic rings. The summed E-state index contributed by atoms with van der Waals surface area (Å²) in [6, 6.07) is 7.51. The Morgan fingerprint density at radius 3 is 2.83 bits per heavy atom. The van der Waals surface area contributed by atoms with Crippen LogP contribution >= 0.6 is 11.3 Å². The van der Waals surface area contributed by atoms with Crippen molar-refractivity contribution >= 4 is 39.8 Å². The number of para-hydroxylation sites is 1. The number of hydrogen-bond acceptors (Lipinski definition) is 6. The van der Waals surface area contributed by atoms with Gasteiger partial charge in [0.1, 0.15) is 0 Å². The topological polar surface area (TPSA) is 93.0 Å². The number of aryl methyl sites for hydroxylation is 1. The first kappa shape index (κ1) is 20.5. The number of benzene rings is 1. The second kappa shape index (κ2) is 9.33. The monoisotopic (exact) mass is 414 g/mol. The Morgan fingerprint density at radius 1 is 1.28 bits per heavy atom. The van der Waals surface area contributed by atoms with Crippen LogP contribution in [0.2, 0.25) is 0 Å². The van der Waals surface area contributed by atoms with Crippen LogP contribution in [0.25, 0.3) is 4.96 Å². The maximum Gasteiger partial charge on any atom is 0.312 e. The molecule has 0 aliphatic carbocycles. The summed E-state index contributed by atoms with van der Waals surface area (Å²) in [4.78, 5) is 42.6. The Labute approximate surface area is 172 Å². The third kappa shape index (κ3) is 5.41. The summed E-state index contributed by atoms with van der Waals surface area (Å²) in [7, 11) is 1.49. The van der Waals surface area contributed by atoms with E-state index in [2.05, 4.69) is 10.3 Å². The first-order valence-corrected chi connectivity index (χ1v) is 10.0. The van der Waals surface area contributed by atoms with Crippen molar-refractivity contribution in [1.82, 2.24) is 14.3 Å². The van der Waals surface area contributed by atoms with Crippen molar-refractivity contribution in [3.05, 3.63) is 53.3 Å². The van der Waals surface area contributed by atoms with Gasteiger partial charge in [-0.1, -0.05) is 25.1 Å². The number of thiazole rings is 1. The second-order valence-corrected chi connectivity index (χ2v) is 7.34. The zero-order chi connectivity index (χ0) is 20.8. The zero-order valence-corrected chi connectivity index (χ0v) is 17.1. The van der Waals surface area contributed by atoms with Crippen molar-refractivity contribution in [2.24, 2.45) is 0 Å². The van der Waals surface area contributed by atoms with E-state index in [1.54, 1.807) is 6.20 Å². The van der Waals surface area contributed by atoms with Gasteiger partial charge >= 0.3 is 5.97 Å². The van der Waals surface area contributed by atoms with E-state index in [1.165, 1.54) is 23.3 Å². The average Bonchev–Trinajstić information content (AvgIpc) is 3.28. The van der Waals surface area contributed by atoms with Crippen molar-refractivity contribution in [1.29, 1.82) is 0 Å². The molecule has 1 aromatic carbocycles. The van der Waals surface area contributed by atoms with Gasteiger partial charge in [0.25, 0.3) is 5.91 Å². The molecule has 0 bridgehead atoms. The third-order valence-electron chi connectivity index (χ3n) is 4.30. The number of amides is 2. The van der Waals surface area contributed by atoms with E-state index in [9.17, 15) is 14.4 Å². The van der Waals surface area contributed by atoms with Crippen LogP contribution in [0.3, 0.4) is 0 Å². The van der Waals surface area contributed by atoms with E-state index in [0.29, 0.717) is 5.69 Å². The fourth-order valence-electron chi connectivity index (χ4n) is 2.76. The molecule has 2 amide bonds. The number of carbonyl (C=O) groups excluding carboxylic acids is 3. The maximum atomic E-state index is 12.2. The minimum Gasteiger partial charge on any atom is -0.455 e. The number of imidazole rings is 1. The highest BCUT2D eigenvalue weighted by Crippen LogP contribution is 2.15. The summed E-state index contributed by atoms with van der Waals surface area (Å²) in [5, 5.41) is 4.70. The van der Waals surface area contributed by atoms with E-state index in [4.69, 9.17) is 4.74 Å². The molecule has 0 spiro atoms. The molecule has 0 atom stereocenters. The van der Waals surface area contributed by atoms with Crippen molar-refractivity contribution in [3.8, 4) is 0 Å². The average molecular weight is 414 g/mol. The van der Waals surface area contributed by atoms with Crippen molar-refractivity contribution in [2.75, 3.05) is 25.5 Å². The number of nitrogens with one attached hydrogen (secondary N) is 1. The highest BCUT2D eigenvalue weighted by atomic mass is 32.1. The number of esters is 1. The summed E-state index contributed by atoms with van der Waals surface area (Å²) in [6.07, 6.45) is 4.37. The standard InChI is InChI=1S/C20H22N4O4S/c1-3-14-6-4-5-7-16(14)22-17(25)12-23(2)18(26)13-28-19(27)10-15-11-24-8-9-29-20(24)21-15/h4-9,11H,3,10,12-13H2,1-2H3,(H,22,25). The number of aromatic nitrogens is 2. The zero-order valence-electron chi connectivity index (χ0n) is 16.3. The van der Waals surface area contributed by atoms with Gasteiger partial charge in [-0.3, -0.25) is 18.8 Å². The SMILES string of the molecule is CCc1ccccc1NC(=O)CN(C)C(=O)COC(=O)Cc1cn2ccsc2n1. The summed E-state index contributed by atoms with van der Waals surface area (Å²) < 4.78 is 6.85. The molecule has 0 saturated heterocycles. The van der Waals surface area contributed by atoms with Crippen molar-refractivity contribution in [3.63, 3.8) is 0 Å². The van der Waals surface area contributed by atoms with Crippen LogP contribution in [0.1, 0.15) is 18.2 Å². The predicted molar refractivity (Wildman–Crippen MR) is 110 cm³/mol. The molecule has 1 N–H and O–H groups in total. The maximum absolute atomic E-state index is 12.2. The molecule has 2 aromatic heterocycles. The minimum atomic E-state index is -0.543. The lowest BCUT2D eigenvalue weighted by Crippen LogP contribution is -2.37. The lowest BCUT2D eigenvalue weighted by atomic mass is 10.1. The highest BCUT2D eigenvalue weighted by molar-refractivity contribution is 7.15. The number of likely N-dealkylation sites (N-methyl/N-ethyl adjacent to an activating group) is 1. The van der Waals surface area contributed by atoms with Gasteiger partial charge in [0.2, 0.25) is 5.91 Å². The van der Waals surface area contributed by atoms with Crippen LogP contribution in [-0.4, -0.2) is 52.3 Å². The van der Waals surface area contributed by atoms with E-state index in [-0.39, 0.29) is 18.9 Å². The molecule has 2 heterocycles.